The van der Waals surface area contributed by atoms with E-state index in [0.717, 1.165) is 33.1 Å². The molecule has 53 heavy (non-hydrogen) atoms. The highest BCUT2D eigenvalue weighted by atomic mass is 16.8. The fraction of sp³-hybridized carbons (Fsp3) is 0.487. The molecule has 2 aromatic heterocycles. The SMILES string of the molecule is CC#N.CC(C)(C)OC(=O)N[C@@H](CO)Cc1coc2ccccc12.CC(C)(C)OC(=O)OC(=O)OC(C)(C)C.N[C@@H](CO)Cc1coc2ccccc12. The molecule has 0 saturated carbocycles. The molecule has 0 unspecified atom stereocenters. The number of nitrogens with two attached hydrogens (primary N) is 1. The number of nitrogens with zero attached hydrogens (tertiary/aromatic N) is 1. The number of hydrogen-bond acceptors (Lipinski definition) is 13. The molecule has 0 aliphatic carbocycles. The molecule has 0 aliphatic heterocycles. The van der Waals surface area contributed by atoms with Crippen LogP contribution < -0.4 is 11.1 Å². The van der Waals surface area contributed by atoms with Crippen molar-refractivity contribution in [1.82, 2.24) is 5.32 Å². The van der Waals surface area contributed by atoms with E-state index in [1.165, 1.54) is 6.92 Å². The largest absolute Gasteiger partial charge is 0.519 e. The van der Waals surface area contributed by atoms with Crippen molar-refractivity contribution in [2.75, 3.05) is 13.2 Å². The molecule has 4 aromatic rings. The number of aliphatic hydroxyl groups excluding tert-OH is 2. The van der Waals surface area contributed by atoms with Gasteiger partial charge in [0.05, 0.1) is 37.9 Å². The van der Waals surface area contributed by atoms with Crippen molar-refractivity contribution < 1.29 is 52.4 Å². The maximum atomic E-state index is 11.8. The summed E-state index contributed by atoms with van der Waals surface area (Å²) in [5, 5.41) is 30.4. The molecule has 0 fully saturated rings. The van der Waals surface area contributed by atoms with E-state index in [1.54, 1.807) is 80.9 Å². The van der Waals surface area contributed by atoms with Crippen molar-refractivity contribution in [3.05, 3.63) is 72.2 Å². The van der Waals surface area contributed by atoms with Gasteiger partial charge in [-0.25, -0.2) is 14.4 Å². The molecule has 0 aliphatic rings. The van der Waals surface area contributed by atoms with Gasteiger partial charge in [-0.3, -0.25) is 0 Å². The molecule has 5 N–H and O–H groups in total. The molecule has 4 rings (SSSR count). The van der Waals surface area contributed by atoms with Gasteiger partial charge in [-0.1, -0.05) is 36.4 Å². The summed E-state index contributed by atoms with van der Waals surface area (Å²) < 4.78 is 29.8. The number of aliphatic hydroxyl groups is 2. The minimum absolute atomic E-state index is 0.000489. The number of rotatable bonds is 7. The van der Waals surface area contributed by atoms with Gasteiger partial charge >= 0.3 is 18.4 Å². The van der Waals surface area contributed by atoms with Crippen LogP contribution in [0.2, 0.25) is 0 Å². The van der Waals surface area contributed by atoms with Crippen molar-refractivity contribution >= 4 is 40.3 Å². The van der Waals surface area contributed by atoms with Crippen LogP contribution in [0.15, 0.2) is 69.9 Å². The molecule has 0 bridgehead atoms. The van der Waals surface area contributed by atoms with Crippen LogP contribution in [0.1, 0.15) is 80.4 Å². The minimum atomic E-state index is -1.06. The number of nitrogens with one attached hydrogen (secondary N) is 1. The Labute approximate surface area is 311 Å². The van der Waals surface area contributed by atoms with E-state index < -0.39 is 41.2 Å². The number of hydrogen-bond donors (Lipinski definition) is 4. The average Bonchev–Trinajstić information content (AvgIpc) is 3.63. The molecule has 0 radical (unpaired) electrons. The van der Waals surface area contributed by atoms with Crippen molar-refractivity contribution in [3.63, 3.8) is 0 Å². The molecular weight excluding hydrogens is 686 g/mol. The molecule has 0 spiro atoms. The van der Waals surface area contributed by atoms with E-state index in [2.05, 4.69) is 10.1 Å². The summed E-state index contributed by atoms with van der Waals surface area (Å²) in [5.74, 6) is 0. The molecule has 2 atom stereocenters. The summed E-state index contributed by atoms with van der Waals surface area (Å²) in [6.07, 6.45) is 1.84. The Hall–Kier alpha value is -5.10. The third-order valence-electron chi connectivity index (χ3n) is 6.19. The summed E-state index contributed by atoms with van der Waals surface area (Å²) >= 11 is 0. The number of benzene rings is 2. The molecule has 1 amide bonds. The zero-order valence-electron chi connectivity index (χ0n) is 32.3. The molecule has 2 aromatic carbocycles. The standard InChI is InChI=1S/C16H21NO4.C11H13NO2.C10H18O5.C2H3N/c1-16(2,3)21-15(19)17-12(9-18)8-11-10-20-14-7-5-4-6-13(11)14;12-9(6-13)5-8-7-14-11-4-2-1-3-10(8)11;1-9(2,3)14-7(11)13-8(12)15-10(4,5)6;1-2-3/h4-7,10,12,18H,8-9H2,1-3H3,(H,17,19);1-4,7,9,13H,5-6,12H2;1-6H3;1H3/t12-;9-;;/m11../s1. The number of para-hydroxylation sites is 2. The molecule has 14 nitrogen and oxygen atoms in total. The predicted molar refractivity (Wildman–Crippen MR) is 200 cm³/mol. The number of fused-ring (bicyclic) bond motifs is 2. The lowest BCUT2D eigenvalue weighted by Gasteiger charge is -2.22. The van der Waals surface area contributed by atoms with E-state index in [4.69, 9.17) is 39.1 Å². The smallest absolute Gasteiger partial charge is 0.464 e. The van der Waals surface area contributed by atoms with Crippen LogP contribution >= 0.6 is 0 Å². The highest BCUT2D eigenvalue weighted by molar-refractivity contribution is 5.81. The van der Waals surface area contributed by atoms with Crippen LogP contribution in [-0.2, 0) is 31.8 Å². The number of carbonyl (C=O) groups excluding carboxylic acids is 3. The van der Waals surface area contributed by atoms with Crippen LogP contribution in [0, 0.1) is 11.3 Å². The first-order valence-electron chi connectivity index (χ1n) is 16.9. The number of nitriles is 1. The quantitative estimate of drug-likeness (QED) is 0.0818. The van der Waals surface area contributed by atoms with Gasteiger partial charge in [0.2, 0.25) is 0 Å². The first-order chi connectivity index (χ1) is 24.6. The fourth-order valence-electron chi connectivity index (χ4n) is 4.24. The van der Waals surface area contributed by atoms with Gasteiger partial charge in [-0.05, 0) is 92.9 Å². The topological polar surface area (TPSA) is 217 Å². The lowest BCUT2D eigenvalue weighted by molar-refractivity contribution is -0.0294. The third-order valence-corrected chi connectivity index (χ3v) is 6.19. The molecule has 0 saturated heterocycles. The molecule has 14 heteroatoms. The van der Waals surface area contributed by atoms with Crippen LogP contribution in [0.3, 0.4) is 0 Å². The molecule has 2 heterocycles. The fourth-order valence-corrected chi connectivity index (χ4v) is 4.24. The van der Waals surface area contributed by atoms with Crippen molar-refractivity contribution in [1.29, 1.82) is 5.26 Å². The second-order valence-corrected chi connectivity index (χ2v) is 14.6. The summed E-state index contributed by atoms with van der Waals surface area (Å²) in [6, 6.07) is 16.6. The molecular formula is C39H55N3O11. The summed E-state index contributed by atoms with van der Waals surface area (Å²) in [5.41, 5.74) is 7.37. The van der Waals surface area contributed by atoms with Gasteiger partial charge in [0.1, 0.15) is 28.0 Å². The number of furan rings is 2. The Kier molecular flexibility index (Phi) is 18.6. The van der Waals surface area contributed by atoms with E-state index in [0.29, 0.717) is 12.8 Å². The Morgan fingerprint density at radius 1 is 0.736 bits per heavy atom. The van der Waals surface area contributed by atoms with Gasteiger partial charge in [0.25, 0.3) is 0 Å². The first kappa shape index (κ1) is 45.9. The van der Waals surface area contributed by atoms with Gasteiger partial charge < -0.3 is 49.0 Å². The maximum absolute atomic E-state index is 11.8. The van der Waals surface area contributed by atoms with Gasteiger partial charge in [-0.2, -0.15) is 5.26 Å². The Morgan fingerprint density at radius 2 is 1.13 bits per heavy atom. The zero-order chi connectivity index (χ0) is 40.4. The predicted octanol–water partition coefficient (Wildman–Crippen LogP) is 7.56. The number of carbonyl (C=O) groups is 3. The lowest BCUT2D eigenvalue weighted by Crippen LogP contribution is -2.42. The Balaban J connectivity index is 0.000000392. The summed E-state index contributed by atoms with van der Waals surface area (Å²) in [6.45, 7) is 16.7. The summed E-state index contributed by atoms with van der Waals surface area (Å²) in [7, 11) is 0. The Bertz CT molecular complexity index is 1730. The van der Waals surface area contributed by atoms with E-state index >= 15 is 0 Å². The van der Waals surface area contributed by atoms with Gasteiger partial charge in [0, 0.05) is 29.3 Å². The van der Waals surface area contributed by atoms with Crippen LogP contribution in [-0.4, -0.2) is 70.7 Å². The number of alkyl carbamates (subject to hydrolysis) is 1. The minimum Gasteiger partial charge on any atom is -0.464 e. The molecule has 292 valence electrons. The van der Waals surface area contributed by atoms with Crippen LogP contribution in [0.25, 0.3) is 21.9 Å². The number of ether oxygens (including phenoxy) is 4. The van der Waals surface area contributed by atoms with Crippen LogP contribution in [0.4, 0.5) is 14.4 Å². The van der Waals surface area contributed by atoms with E-state index in [1.807, 2.05) is 48.5 Å². The monoisotopic (exact) mass is 741 g/mol. The lowest BCUT2D eigenvalue weighted by atomic mass is 10.1. The maximum Gasteiger partial charge on any atom is 0.519 e. The normalized spacial score (nSPS) is 12.2. The second kappa shape index (κ2) is 21.4. The third kappa shape index (κ3) is 19.4. The first-order valence-corrected chi connectivity index (χ1v) is 16.9. The number of amides is 1. The van der Waals surface area contributed by atoms with Gasteiger partial charge in [0.15, 0.2) is 0 Å². The zero-order valence-corrected chi connectivity index (χ0v) is 32.3. The van der Waals surface area contributed by atoms with Crippen LogP contribution in [0.5, 0.6) is 0 Å². The van der Waals surface area contributed by atoms with Crippen molar-refractivity contribution in [2.24, 2.45) is 5.73 Å². The second-order valence-electron chi connectivity index (χ2n) is 14.6. The summed E-state index contributed by atoms with van der Waals surface area (Å²) in [4.78, 5) is 33.8. The average molecular weight is 742 g/mol. The Morgan fingerprint density at radius 3 is 1.51 bits per heavy atom. The van der Waals surface area contributed by atoms with E-state index in [9.17, 15) is 19.5 Å². The van der Waals surface area contributed by atoms with E-state index in [-0.39, 0.29) is 19.3 Å². The highest BCUT2D eigenvalue weighted by Crippen LogP contribution is 2.23. The van der Waals surface area contributed by atoms with Gasteiger partial charge in [-0.15, -0.1) is 0 Å². The van der Waals surface area contributed by atoms with Crippen molar-refractivity contribution in [2.45, 2.75) is 111 Å². The highest BCUT2D eigenvalue weighted by Gasteiger charge is 2.24. The van der Waals surface area contributed by atoms with Crippen molar-refractivity contribution in [3.8, 4) is 6.07 Å².